The molecule has 18 heavy (non-hydrogen) atoms. The van der Waals surface area contributed by atoms with Crippen LogP contribution < -0.4 is 5.43 Å². The first-order valence-electron chi connectivity index (χ1n) is 5.26. The zero-order chi connectivity index (χ0) is 13.3. The number of carbonyl (C=O) groups is 1. The maximum Gasteiger partial charge on any atom is 0.341 e. The van der Waals surface area contributed by atoms with Gasteiger partial charge >= 0.3 is 5.97 Å². The quantitative estimate of drug-likeness (QED) is 0.827. The van der Waals surface area contributed by atoms with E-state index in [1.54, 1.807) is 23.2 Å². The number of aromatic carboxylic acids is 1. The van der Waals surface area contributed by atoms with Crippen molar-refractivity contribution in [3.05, 3.63) is 45.9 Å². The molecule has 2 heterocycles. The topological polar surface area (TPSA) is 90.0 Å². The largest absolute Gasteiger partial charge is 0.477 e. The van der Waals surface area contributed by atoms with Crippen molar-refractivity contribution < 1.29 is 9.90 Å². The number of carboxylic acids is 1. The van der Waals surface area contributed by atoms with Gasteiger partial charge in [0.25, 0.3) is 0 Å². The lowest BCUT2D eigenvalue weighted by Crippen LogP contribution is -2.20. The highest BCUT2D eigenvalue weighted by atomic mass is 16.4. The van der Waals surface area contributed by atoms with Crippen molar-refractivity contribution >= 4 is 5.97 Å². The van der Waals surface area contributed by atoms with Crippen LogP contribution in [0.5, 0.6) is 0 Å². The number of hydrogen-bond donors (Lipinski definition) is 1. The zero-order valence-electron chi connectivity index (χ0n) is 9.99. The lowest BCUT2D eigenvalue weighted by Gasteiger charge is -2.10. The van der Waals surface area contributed by atoms with Gasteiger partial charge in [0.05, 0.1) is 6.54 Å². The average Bonchev–Trinajstić information content (AvgIpc) is 2.67. The molecule has 2 aromatic rings. The first kappa shape index (κ1) is 12.0. The minimum atomic E-state index is -1.23. The molecule has 1 N–H and O–H groups in total. The van der Waals surface area contributed by atoms with Crippen LogP contribution in [-0.4, -0.2) is 30.4 Å². The molecule has 0 aliphatic rings. The number of hydrogen-bond acceptors (Lipinski definition) is 4. The first-order valence-corrected chi connectivity index (χ1v) is 5.26. The Hall–Kier alpha value is -2.44. The maximum atomic E-state index is 11.5. The van der Waals surface area contributed by atoms with Crippen LogP contribution >= 0.6 is 0 Å². The molecule has 0 fully saturated rings. The molecule has 0 bridgehead atoms. The van der Waals surface area contributed by atoms with E-state index in [4.69, 9.17) is 5.11 Å². The Kier molecular flexibility index (Phi) is 2.97. The van der Waals surface area contributed by atoms with Crippen LogP contribution in [0, 0.1) is 6.92 Å². The van der Waals surface area contributed by atoms with Gasteiger partial charge in [0.1, 0.15) is 17.7 Å². The van der Waals surface area contributed by atoms with Gasteiger partial charge in [-0.15, -0.1) is 0 Å². The highest BCUT2D eigenvalue weighted by Crippen LogP contribution is 2.03. The molecule has 0 amide bonds. The molecule has 0 saturated carbocycles. The highest BCUT2D eigenvalue weighted by Gasteiger charge is 2.11. The summed E-state index contributed by atoms with van der Waals surface area (Å²) in [6.07, 6.45) is 2.75. The standard InChI is InChI=1S/C11H12N4O3/c1-7-3-9(16)8(11(17)18)4-15(7)5-10-12-6-13-14(10)2/h3-4,6H,5H2,1-2H3,(H,17,18). The number of nitrogens with zero attached hydrogens (tertiary/aromatic N) is 4. The fraction of sp³-hybridized carbons (Fsp3) is 0.273. The molecular weight excluding hydrogens is 236 g/mol. The van der Waals surface area contributed by atoms with E-state index in [2.05, 4.69) is 10.1 Å². The number of pyridine rings is 1. The van der Waals surface area contributed by atoms with Crippen molar-refractivity contribution in [2.24, 2.45) is 7.05 Å². The number of carboxylic acid groups (broad SMARTS) is 1. The number of aromatic nitrogens is 4. The second kappa shape index (κ2) is 4.44. The predicted molar refractivity (Wildman–Crippen MR) is 62.5 cm³/mol. The van der Waals surface area contributed by atoms with E-state index in [1.165, 1.54) is 18.6 Å². The summed E-state index contributed by atoms with van der Waals surface area (Å²) in [6.45, 7) is 2.10. The van der Waals surface area contributed by atoms with Gasteiger partial charge in [-0.3, -0.25) is 9.48 Å². The van der Waals surface area contributed by atoms with Crippen LogP contribution in [0.4, 0.5) is 0 Å². The molecular formula is C11H12N4O3. The third-order valence-electron chi connectivity index (χ3n) is 2.69. The molecule has 2 rings (SSSR count). The fourth-order valence-electron chi connectivity index (χ4n) is 1.62. The van der Waals surface area contributed by atoms with Crippen molar-refractivity contribution in [1.82, 2.24) is 19.3 Å². The molecule has 0 aliphatic heterocycles. The van der Waals surface area contributed by atoms with Crippen LogP contribution in [0.25, 0.3) is 0 Å². The second-order valence-corrected chi connectivity index (χ2v) is 3.93. The summed E-state index contributed by atoms with van der Waals surface area (Å²) in [5.41, 5.74) is -0.0648. The van der Waals surface area contributed by atoms with Gasteiger partial charge in [0.15, 0.2) is 5.43 Å². The Balaban J connectivity index is 2.45. The maximum absolute atomic E-state index is 11.5. The van der Waals surface area contributed by atoms with Crippen molar-refractivity contribution in [3.8, 4) is 0 Å². The third-order valence-corrected chi connectivity index (χ3v) is 2.69. The van der Waals surface area contributed by atoms with Crippen LogP contribution in [0.3, 0.4) is 0 Å². The van der Waals surface area contributed by atoms with Gasteiger partial charge in [-0.05, 0) is 6.92 Å². The number of rotatable bonds is 3. The van der Waals surface area contributed by atoms with Crippen molar-refractivity contribution in [2.75, 3.05) is 0 Å². The first-order chi connectivity index (χ1) is 8.49. The van der Waals surface area contributed by atoms with Crippen LogP contribution in [0.2, 0.25) is 0 Å². The van der Waals surface area contributed by atoms with Crippen LogP contribution in [0.1, 0.15) is 21.9 Å². The van der Waals surface area contributed by atoms with E-state index >= 15 is 0 Å². The minimum Gasteiger partial charge on any atom is -0.477 e. The van der Waals surface area contributed by atoms with Crippen LogP contribution in [-0.2, 0) is 13.6 Å². The van der Waals surface area contributed by atoms with Gasteiger partial charge in [0, 0.05) is 25.0 Å². The average molecular weight is 248 g/mol. The monoisotopic (exact) mass is 248 g/mol. The Bertz CT molecular complexity index is 657. The van der Waals surface area contributed by atoms with Gasteiger partial charge in [0.2, 0.25) is 0 Å². The summed E-state index contributed by atoms with van der Waals surface area (Å²) in [5.74, 6) is -0.551. The highest BCUT2D eigenvalue weighted by molar-refractivity contribution is 5.87. The Morgan fingerprint density at radius 3 is 2.78 bits per heavy atom. The van der Waals surface area contributed by atoms with Crippen molar-refractivity contribution in [3.63, 3.8) is 0 Å². The molecule has 0 unspecified atom stereocenters. The fourth-order valence-corrected chi connectivity index (χ4v) is 1.62. The van der Waals surface area contributed by atoms with Crippen LogP contribution in [0.15, 0.2) is 23.4 Å². The second-order valence-electron chi connectivity index (χ2n) is 3.93. The molecule has 0 aromatic carbocycles. The molecule has 7 nitrogen and oxygen atoms in total. The van der Waals surface area contributed by atoms with E-state index < -0.39 is 11.4 Å². The normalized spacial score (nSPS) is 10.6. The van der Waals surface area contributed by atoms with Gasteiger partial charge < -0.3 is 9.67 Å². The molecule has 2 aromatic heterocycles. The Morgan fingerprint density at radius 1 is 1.50 bits per heavy atom. The number of aryl methyl sites for hydroxylation is 2. The molecule has 94 valence electrons. The molecule has 0 radical (unpaired) electrons. The predicted octanol–water partition coefficient (Wildman–Crippen LogP) is 0.0317. The zero-order valence-corrected chi connectivity index (χ0v) is 9.99. The summed E-state index contributed by atoms with van der Waals surface area (Å²) >= 11 is 0. The summed E-state index contributed by atoms with van der Waals surface area (Å²) in [5, 5.41) is 12.8. The smallest absolute Gasteiger partial charge is 0.341 e. The van der Waals surface area contributed by atoms with E-state index in [9.17, 15) is 9.59 Å². The van der Waals surface area contributed by atoms with Gasteiger partial charge in [-0.25, -0.2) is 9.78 Å². The Labute approximate surface area is 102 Å². The van der Waals surface area contributed by atoms with Gasteiger partial charge in [-0.1, -0.05) is 0 Å². The Morgan fingerprint density at radius 2 is 2.22 bits per heavy atom. The molecule has 0 atom stereocenters. The third kappa shape index (κ3) is 2.15. The lowest BCUT2D eigenvalue weighted by atomic mass is 10.2. The van der Waals surface area contributed by atoms with E-state index in [-0.39, 0.29) is 5.56 Å². The van der Waals surface area contributed by atoms with Gasteiger partial charge in [-0.2, -0.15) is 5.10 Å². The summed E-state index contributed by atoms with van der Waals surface area (Å²) in [4.78, 5) is 26.4. The van der Waals surface area contributed by atoms with Crippen molar-refractivity contribution in [2.45, 2.75) is 13.5 Å². The van der Waals surface area contributed by atoms with Crippen molar-refractivity contribution in [1.29, 1.82) is 0 Å². The minimum absolute atomic E-state index is 0.247. The SMILES string of the molecule is Cc1cc(=O)c(C(=O)O)cn1Cc1ncnn1C. The molecule has 7 heteroatoms. The summed E-state index contributed by atoms with van der Waals surface area (Å²) < 4.78 is 3.26. The van der Waals surface area contributed by atoms with E-state index in [0.717, 1.165) is 0 Å². The summed E-state index contributed by atoms with van der Waals surface area (Å²) in [6, 6.07) is 1.31. The molecule has 0 aliphatic carbocycles. The molecule has 0 saturated heterocycles. The lowest BCUT2D eigenvalue weighted by molar-refractivity contribution is 0.0694. The summed E-state index contributed by atoms with van der Waals surface area (Å²) in [7, 11) is 1.75. The molecule has 0 spiro atoms. The van der Waals surface area contributed by atoms with E-state index in [1.807, 2.05) is 0 Å². The van der Waals surface area contributed by atoms with E-state index in [0.29, 0.717) is 18.1 Å².